The molecule has 1 aromatic carbocycles. The van der Waals surface area contributed by atoms with Gasteiger partial charge in [0, 0.05) is 12.2 Å². The molecular weight excluding hydrogens is 352 g/mol. The van der Waals surface area contributed by atoms with Crippen LogP contribution in [0.3, 0.4) is 0 Å². The predicted octanol–water partition coefficient (Wildman–Crippen LogP) is 2.53. The number of hydrogen-bond acceptors (Lipinski definition) is 6. The lowest BCUT2D eigenvalue weighted by Gasteiger charge is -2.17. The smallest absolute Gasteiger partial charge is 0.347 e. The fourth-order valence-corrected chi connectivity index (χ4v) is 2.18. The fraction of sp³-hybridized carbons (Fsp3) is 0.450. The largest absolute Gasteiger partial charge is 0.481 e. The topological polar surface area (TPSA) is 99.1 Å². The van der Waals surface area contributed by atoms with Gasteiger partial charge < -0.3 is 19.3 Å². The van der Waals surface area contributed by atoms with E-state index in [1.807, 2.05) is 37.3 Å². The molecule has 0 heterocycles. The molecule has 0 fully saturated rings. The van der Waals surface area contributed by atoms with E-state index in [0.717, 1.165) is 12.0 Å². The van der Waals surface area contributed by atoms with E-state index in [1.54, 1.807) is 0 Å². The molecule has 0 aliphatic rings. The lowest BCUT2D eigenvalue weighted by molar-refractivity contribution is -0.167. The molecule has 0 bridgehead atoms. The molecule has 0 radical (unpaired) electrons. The second kappa shape index (κ2) is 12.6. The Morgan fingerprint density at radius 3 is 2.44 bits per heavy atom. The van der Waals surface area contributed by atoms with Gasteiger partial charge in [0.1, 0.15) is 6.61 Å². The maximum Gasteiger partial charge on any atom is 0.347 e. The van der Waals surface area contributed by atoms with Crippen LogP contribution in [0.1, 0.15) is 31.7 Å². The minimum atomic E-state index is -1.20. The number of carbonyl (C=O) groups is 3. The van der Waals surface area contributed by atoms with Crippen LogP contribution in [0.15, 0.2) is 42.5 Å². The quantitative estimate of drug-likeness (QED) is 0.320. The molecule has 27 heavy (non-hydrogen) atoms. The molecule has 0 aliphatic heterocycles. The van der Waals surface area contributed by atoms with E-state index in [9.17, 15) is 14.4 Å². The average Bonchev–Trinajstić information content (AvgIpc) is 2.64. The number of aryl methyl sites for hydroxylation is 1. The lowest BCUT2D eigenvalue weighted by atomic mass is 10.1. The molecule has 1 rings (SSSR count). The Labute approximate surface area is 158 Å². The van der Waals surface area contributed by atoms with Crippen molar-refractivity contribution in [3.63, 3.8) is 0 Å². The van der Waals surface area contributed by atoms with E-state index in [-0.39, 0.29) is 25.2 Å². The van der Waals surface area contributed by atoms with Crippen LogP contribution in [0.25, 0.3) is 0 Å². The van der Waals surface area contributed by atoms with Crippen LogP contribution in [-0.2, 0) is 35.0 Å². The van der Waals surface area contributed by atoms with Crippen molar-refractivity contribution in [3.8, 4) is 0 Å². The predicted molar refractivity (Wildman–Crippen MR) is 98.1 cm³/mol. The molecule has 0 saturated carbocycles. The van der Waals surface area contributed by atoms with Crippen LogP contribution in [0.5, 0.6) is 0 Å². The minimum absolute atomic E-state index is 0.0499. The van der Waals surface area contributed by atoms with Gasteiger partial charge in [-0.25, -0.2) is 9.59 Å². The van der Waals surface area contributed by atoms with Crippen LogP contribution >= 0.6 is 0 Å². The highest BCUT2D eigenvalue weighted by Gasteiger charge is 2.26. The third-order valence-corrected chi connectivity index (χ3v) is 3.52. The Hall–Kier alpha value is -2.67. The Bertz CT molecular complexity index is 624. The zero-order valence-electron chi connectivity index (χ0n) is 15.5. The first kappa shape index (κ1) is 22.4. The van der Waals surface area contributed by atoms with Crippen LogP contribution in [0.4, 0.5) is 0 Å². The number of rotatable bonds is 13. The summed E-state index contributed by atoms with van der Waals surface area (Å²) in [5.41, 5.74) is 0.744. The van der Waals surface area contributed by atoms with Crippen molar-refractivity contribution >= 4 is 17.9 Å². The average molecular weight is 378 g/mol. The molecule has 0 aliphatic carbocycles. The molecule has 0 saturated heterocycles. The van der Waals surface area contributed by atoms with E-state index < -0.39 is 30.4 Å². The summed E-state index contributed by atoms with van der Waals surface area (Å²) in [5.74, 6) is -2.81. The molecule has 1 aromatic rings. The van der Waals surface area contributed by atoms with Gasteiger partial charge in [0.15, 0.2) is 6.10 Å². The van der Waals surface area contributed by atoms with Gasteiger partial charge in [0.05, 0.1) is 13.0 Å². The number of hydrogen-bond donors (Lipinski definition) is 1. The molecule has 148 valence electrons. The Kier molecular flexibility index (Phi) is 10.5. The van der Waals surface area contributed by atoms with E-state index >= 15 is 0 Å². The van der Waals surface area contributed by atoms with Crippen LogP contribution in [-0.4, -0.2) is 48.9 Å². The first-order valence-electron chi connectivity index (χ1n) is 8.82. The zero-order valence-corrected chi connectivity index (χ0v) is 15.5. The maximum atomic E-state index is 12.3. The number of carbonyl (C=O) groups excluding carboxylic acids is 2. The Balaban J connectivity index is 2.63. The normalized spacial score (nSPS) is 11.4. The van der Waals surface area contributed by atoms with Gasteiger partial charge in [0.2, 0.25) is 0 Å². The summed E-state index contributed by atoms with van der Waals surface area (Å²) in [6.07, 6.45) is -0.133. The Morgan fingerprint density at radius 2 is 1.81 bits per heavy atom. The number of esters is 2. The van der Waals surface area contributed by atoms with E-state index in [0.29, 0.717) is 13.0 Å². The highest BCUT2D eigenvalue weighted by Crippen LogP contribution is 2.12. The first-order valence-corrected chi connectivity index (χ1v) is 8.82. The number of aliphatic carboxylic acids is 1. The summed E-state index contributed by atoms with van der Waals surface area (Å²) >= 11 is 0. The van der Waals surface area contributed by atoms with Gasteiger partial charge >= 0.3 is 17.9 Å². The summed E-state index contributed by atoms with van der Waals surface area (Å²) in [4.78, 5) is 35.0. The summed E-state index contributed by atoms with van der Waals surface area (Å²) in [6, 6.07) is 9.41. The lowest BCUT2D eigenvalue weighted by Crippen LogP contribution is -2.31. The number of carboxylic acids is 1. The van der Waals surface area contributed by atoms with Gasteiger partial charge in [-0.05, 0) is 24.8 Å². The monoisotopic (exact) mass is 378 g/mol. The van der Waals surface area contributed by atoms with Crippen molar-refractivity contribution in [1.82, 2.24) is 0 Å². The summed E-state index contributed by atoms with van der Waals surface area (Å²) in [6.45, 7) is 6.23. The van der Waals surface area contributed by atoms with Gasteiger partial charge in [-0.15, -0.1) is 0 Å². The zero-order chi connectivity index (χ0) is 20.1. The SMILES string of the molecule is C=C(CC(=O)O)C(=O)OC(CCc1ccccc1)C(=O)OCCOCCC. The summed E-state index contributed by atoms with van der Waals surface area (Å²) in [5, 5.41) is 8.74. The highest BCUT2D eigenvalue weighted by atomic mass is 16.6. The van der Waals surface area contributed by atoms with Crippen LogP contribution in [0.2, 0.25) is 0 Å². The molecule has 1 atom stereocenters. The van der Waals surface area contributed by atoms with E-state index in [1.165, 1.54) is 0 Å². The van der Waals surface area contributed by atoms with E-state index in [2.05, 4.69) is 6.58 Å². The molecule has 0 aromatic heterocycles. The van der Waals surface area contributed by atoms with Crippen molar-refractivity contribution in [3.05, 3.63) is 48.0 Å². The first-order chi connectivity index (χ1) is 12.9. The Morgan fingerprint density at radius 1 is 1.11 bits per heavy atom. The highest BCUT2D eigenvalue weighted by molar-refractivity contribution is 5.94. The number of ether oxygens (including phenoxy) is 3. The van der Waals surface area contributed by atoms with E-state index in [4.69, 9.17) is 19.3 Å². The van der Waals surface area contributed by atoms with Crippen molar-refractivity contribution in [2.75, 3.05) is 19.8 Å². The molecule has 7 nitrogen and oxygen atoms in total. The second-order valence-corrected chi connectivity index (χ2v) is 5.87. The molecule has 7 heteroatoms. The second-order valence-electron chi connectivity index (χ2n) is 5.87. The molecule has 0 amide bonds. The van der Waals surface area contributed by atoms with Crippen molar-refractivity contribution in [2.24, 2.45) is 0 Å². The third-order valence-electron chi connectivity index (χ3n) is 3.52. The molecule has 1 unspecified atom stereocenters. The van der Waals surface area contributed by atoms with Gasteiger partial charge in [-0.2, -0.15) is 0 Å². The number of carboxylic acid groups (broad SMARTS) is 1. The molecule has 1 N–H and O–H groups in total. The fourth-order valence-electron chi connectivity index (χ4n) is 2.18. The number of benzene rings is 1. The van der Waals surface area contributed by atoms with Crippen LogP contribution in [0, 0.1) is 0 Å². The van der Waals surface area contributed by atoms with Gasteiger partial charge in [0.25, 0.3) is 0 Å². The van der Waals surface area contributed by atoms with Crippen molar-refractivity contribution in [2.45, 2.75) is 38.7 Å². The summed E-state index contributed by atoms with van der Waals surface area (Å²) in [7, 11) is 0. The van der Waals surface area contributed by atoms with Crippen LogP contribution < -0.4 is 0 Å². The molecular formula is C20H26O7. The summed E-state index contributed by atoms with van der Waals surface area (Å²) < 4.78 is 15.5. The van der Waals surface area contributed by atoms with Gasteiger partial charge in [-0.1, -0.05) is 43.8 Å². The van der Waals surface area contributed by atoms with Crippen molar-refractivity contribution in [1.29, 1.82) is 0 Å². The molecule has 0 spiro atoms. The van der Waals surface area contributed by atoms with Gasteiger partial charge in [-0.3, -0.25) is 4.79 Å². The minimum Gasteiger partial charge on any atom is -0.481 e. The third kappa shape index (κ3) is 9.55. The van der Waals surface area contributed by atoms with Crippen molar-refractivity contribution < 1.29 is 33.7 Å². The maximum absolute atomic E-state index is 12.3. The standard InChI is InChI=1S/C20H26O7/c1-3-11-25-12-13-26-20(24)17(10-9-16-7-5-4-6-8-16)27-19(23)15(2)14-18(21)22/h4-8,17H,2-3,9-14H2,1H3,(H,21,22).